The number of hydrogen-bond acceptors (Lipinski definition) is 6. The molecule has 0 spiro atoms. The van der Waals surface area contributed by atoms with E-state index >= 15 is 0 Å². The zero-order valence-corrected chi connectivity index (χ0v) is 19.5. The summed E-state index contributed by atoms with van der Waals surface area (Å²) in [5, 5.41) is 5.82. The molecule has 0 unspecified atom stereocenters. The molecule has 4 amide bonds. The van der Waals surface area contributed by atoms with Gasteiger partial charge in [-0.1, -0.05) is 23.7 Å². The van der Waals surface area contributed by atoms with Gasteiger partial charge >= 0.3 is 6.03 Å². The molecule has 1 fully saturated rings. The quantitative estimate of drug-likeness (QED) is 0.553. The molecule has 2 N–H and O–H groups in total. The third-order valence-corrected chi connectivity index (χ3v) is 6.63. The summed E-state index contributed by atoms with van der Waals surface area (Å²) in [4.78, 5) is 53.0. The minimum Gasteiger partial charge on any atom is -0.497 e. The second-order valence-electron chi connectivity index (χ2n) is 7.73. The third kappa shape index (κ3) is 5.37. The molecule has 0 aliphatic carbocycles. The number of anilines is 1. The second kappa shape index (κ2) is 10.4. The fourth-order valence-electron chi connectivity index (χ4n) is 3.67. The van der Waals surface area contributed by atoms with Gasteiger partial charge in [0.05, 0.1) is 23.7 Å². The van der Waals surface area contributed by atoms with Gasteiger partial charge in [-0.25, -0.2) is 4.79 Å². The number of aromatic nitrogens is 1. The molecular formula is C23H25N5O5S. The first kappa shape index (κ1) is 23.3. The molecule has 1 saturated heterocycles. The summed E-state index contributed by atoms with van der Waals surface area (Å²) in [5.41, 5.74) is 0.414. The largest absolute Gasteiger partial charge is 0.497 e. The van der Waals surface area contributed by atoms with Crippen LogP contribution in [0.3, 0.4) is 0 Å². The van der Waals surface area contributed by atoms with Gasteiger partial charge in [-0.15, -0.1) is 0 Å². The highest BCUT2D eigenvalue weighted by Crippen LogP contribution is 2.16. The molecule has 1 aliphatic rings. The first-order valence-corrected chi connectivity index (χ1v) is 11.6. The van der Waals surface area contributed by atoms with Gasteiger partial charge in [0.1, 0.15) is 12.3 Å². The number of nitrogens with one attached hydrogen (secondary N) is 2. The van der Waals surface area contributed by atoms with E-state index in [-0.39, 0.29) is 30.5 Å². The van der Waals surface area contributed by atoms with Gasteiger partial charge in [0.15, 0.2) is 0 Å². The zero-order valence-electron chi connectivity index (χ0n) is 18.7. The summed E-state index contributed by atoms with van der Waals surface area (Å²) in [7, 11) is 1.56. The Morgan fingerprint density at radius 3 is 2.24 bits per heavy atom. The number of urea groups is 1. The van der Waals surface area contributed by atoms with Gasteiger partial charge in [0.25, 0.3) is 5.56 Å². The summed E-state index contributed by atoms with van der Waals surface area (Å²) < 4.78 is 7.39. The van der Waals surface area contributed by atoms with Crippen molar-refractivity contribution in [2.24, 2.45) is 0 Å². The first-order chi connectivity index (χ1) is 16.4. The van der Waals surface area contributed by atoms with Crippen LogP contribution < -0.4 is 20.9 Å². The van der Waals surface area contributed by atoms with Gasteiger partial charge < -0.3 is 25.2 Å². The molecule has 0 atom stereocenters. The maximum atomic E-state index is 12.7. The van der Waals surface area contributed by atoms with E-state index in [4.69, 9.17) is 4.74 Å². The highest BCUT2D eigenvalue weighted by Gasteiger charge is 2.25. The molecule has 3 aromatic rings. The highest BCUT2D eigenvalue weighted by atomic mass is 32.1. The van der Waals surface area contributed by atoms with Crippen LogP contribution in [-0.4, -0.2) is 71.4 Å². The minimum atomic E-state index is -0.485. The highest BCUT2D eigenvalue weighted by molar-refractivity contribution is 7.13. The van der Waals surface area contributed by atoms with Crippen LogP contribution in [-0.2, 0) is 16.1 Å². The van der Waals surface area contributed by atoms with Crippen LogP contribution in [0.4, 0.5) is 10.5 Å². The van der Waals surface area contributed by atoms with Gasteiger partial charge in [-0.2, -0.15) is 0 Å². The molecule has 178 valence electrons. The van der Waals surface area contributed by atoms with Gasteiger partial charge in [0, 0.05) is 31.9 Å². The van der Waals surface area contributed by atoms with Gasteiger partial charge in [-0.05, 0) is 36.4 Å². The predicted molar refractivity (Wildman–Crippen MR) is 129 cm³/mol. The summed E-state index contributed by atoms with van der Waals surface area (Å²) in [6.45, 7) is 1.33. The molecule has 10 nitrogen and oxygen atoms in total. The monoisotopic (exact) mass is 483 g/mol. The molecule has 0 radical (unpaired) electrons. The molecule has 1 aromatic heterocycles. The SMILES string of the molecule is COc1ccc(NC(=O)NCC(=O)N2CCN(C(=O)Cn3sc4ccccc4c3=O)CC2)cc1. The van der Waals surface area contributed by atoms with Crippen LogP contribution in [0.25, 0.3) is 10.1 Å². The van der Waals surface area contributed by atoms with E-state index in [1.54, 1.807) is 53.3 Å². The second-order valence-corrected chi connectivity index (χ2v) is 8.79. The van der Waals surface area contributed by atoms with E-state index in [0.29, 0.717) is 43.0 Å². The van der Waals surface area contributed by atoms with Crippen molar-refractivity contribution in [2.75, 3.05) is 45.2 Å². The molecule has 0 saturated carbocycles. The summed E-state index contributed by atoms with van der Waals surface area (Å²) in [6, 6.07) is 13.6. The number of rotatable bonds is 6. The number of methoxy groups -OCH3 is 1. The Bertz CT molecular complexity index is 1240. The number of amides is 4. The van der Waals surface area contributed by atoms with Crippen molar-refractivity contribution < 1.29 is 19.1 Å². The fraction of sp³-hybridized carbons (Fsp3) is 0.304. The normalized spacial score (nSPS) is 13.6. The van der Waals surface area contributed by atoms with E-state index in [2.05, 4.69) is 10.6 Å². The van der Waals surface area contributed by atoms with Crippen LogP contribution in [0.2, 0.25) is 0 Å². The van der Waals surface area contributed by atoms with Crippen LogP contribution in [0.1, 0.15) is 0 Å². The van der Waals surface area contributed by atoms with Crippen LogP contribution in [0.5, 0.6) is 5.75 Å². The predicted octanol–water partition coefficient (Wildman–Crippen LogP) is 1.56. The van der Waals surface area contributed by atoms with Crippen molar-refractivity contribution >= 4 is 45.2 Å². The number of carbonyl (C=O) groups is 3. The van der Waals surface area contributed by atoms with E-state index in [0.717, 1.165) is 4.70 Å². The van der Waals surface area contributed by atoms with Crippen LogP contribution in [0.15, 0.2) is 53.3 Å². The average molecular weight is 484 g/mol. The number of hydrogen-bond donors (Lipinski definition) is 2. The summed E-state index contributed by atoms with van der Waals surface area (Å²) in [6.07, 6.45) is 0. The molecule has 0 bridgehead atoms. The molecule has 11 heteroatoms. The standard InChI is InChI=1S/C23H25N5O5S/c1-33-17-8-6-16(7-9-17)25-23(32)24-14-20(29)26-10-12-27(13-11-26)21(30)15-28-22(31)18-4-2-3-5-19(18)34-28/h2-9H,10-15H2,1H3,(H2,24,25,32). The van der Waals surface area contributed by atoms with Crippen molar-refractivity contribution in [2.45, 2.75) is 6.54 Å². The average Bonchev–Trinajstić information content (AvgIpc) is 3.18. The van der Waals surface area contributed by atoms with E-state index in [9.17, 15) is 19.2 Å². The van der Waals surface area contributed by atoms with E-state index < -0.39 is 6.03 Å². The van der Waals surface area contributed by atoms with Crippen LogP contribution in [0, 0.1) is 0 Å². The number of piperazine rings is 1. The number of ether oxygens (including phenoxy) is 1. The van der Waals surface area contributed by atoms with Crippen molar-refractivity contribution in [3.05, 3.63) is 58.9 Å². The molecule has 2 heterocycles. The Hall–Kier alpha value is -3.86. The lowest BCUT2D eigenvalue weighted by molar-refractivity contribution is -0.139. The first-order valence-electron chi connectivity index (χ1n) is 10.8. The maximum Gasteiger partial charge on any atom is 0.319 e. The van der Waals surface area contributed by atoms with E-state index in [1.165, 1.54) is 15.5 Å². The Kier molecular flexibility index (Phi) is 7.12. The molecule has 34 heavy (non-hydrogen) atoms. The Balaban J connectivity index is 1.22. The van der Waals surface area contributed by atoms with E-state index in [1.807, 2.05) is 12.1 Å². The zero-order chi connectivity index (χ0) is 24.1. The van der Waals surface area contributed by atoms with Crippen molar-refractivity contribution in [1.29, 1.82) is 0 Å². The van der Waals surface area contributed by atoms with Gasteiger partial charge in [-0.3, -0.25) is 18.3 Å². The fourth-order valence-corrected chi connectivity index (χ4v) is 4.65. The Labute approximate surface area is 199 Å². The van der Waals surface area contributed by atoms with Crippen LogP contribution >= 0.6 is 11.5 Å². The molecule has 1 aliphatic heterocycles. The maximum absolute atomic E-state index is 12.7. The number of benzene rings is 2. The van der Waals surface area contributed by atoms with Crippen molar-refractivity contribution in [3.8, 4) is 5.75 Å². The lowest BCUT2D eigenvalue weighted by Gasteiger charge is -2.34. The lowest BCUT2D eigenvalue weighted by Crippen LogP contribution is -2.53. The van der Waals surface area contributed by atoms with Crippen molar-refractivity contribution in [1.82, 2.24) is 19.1 Å². The summed E-state index contributed by atoms with van der Waals surface area (Å²) >= 11 is 1.27. The molecular weight excluding hydrogens is 458 g/mol. The lowest BCUT2D eigenvalue weighted by atomic mass is 10.3. The minimum absolute atomic E-state index is 0.0147. The third-order valence-electron chi connectivity index (χ3n) is 5.56. The topological polar surface area (TPSA) is 113 Å². The smallest absolute Gasteiger partial charge is 0.319 e. The number of fused-ring (bicyclic) bond motifs is 1. The Morgan fingerprint density at radius 2 is 1.59 bits per heavy atom. The van der Waals surface area contributed by atoms with Gasteiger partial charge in [0.2, 0.25) is 11.8 Å². The Morgan fingerprint density at radius 1 is 0.941 bits per heavy atom. The molecule has 2 aromatic carbocycles. The number of carbonyl (C=O) groups excluding carboxylic acids is 3. The molecule has 4 rings (SSSR count). The summed E-state index contributed by atoms with van der Waals surface area (Å²) in [5.74, 6) is 0.296. The van der Waals surface area contributed by atoms with Crippen molar-refractivity contribution in [3.63, 3.8) is 0 Å². The number of nitrogens with zero attached hydrogens (tertiary/aromatic N) is 3.